The molecule has 0 bridgehead atoms. The average Bonchev–Trinajstić information content (AvgIpc) is 3.13. The van der Waals surface area contributed by atoms with Gasteiger partial charge in [0, 0.05) is 24.8 Å². The van der Waals surface area contributed by atoms with Crippen LogP contribution in [0.4, 0.5) is 4.79 Å². The Labute approximate surface area is 204 Å². The van der Waals surface area contributed by atoms with Gasteiger partial charge >= 0.3 is 12.1 Å². The zero-order chi connectivity index (χ0) is 24.7. The van der Waals surface area contributed by atoms with Gasteiger partial charge in [-0.05, 0) is 42.6 Å². The summed E-state index contributed by atoms with van der Waals surface area (Å²) in [5.41, 5.74) is 4.46. The van der Waals surface area contributed by atoms with Gasteiger partial charge in [-0.2, -0.15) is 11.8 Å². The van der Waals surface area contributed by atoms with Gasteiger partial charge in [0.25, 0.3) is 0 Å². The molecule has 0 aliphatic heterocycles. The number of thioether (sulfide) groups is 1. The molecule has 9 heteroatoms. The van der Waals surface area contributed by atoms with Crippen LogP contribution in [0.5, 0.6) is 0 Å². The van der Waals surface area contributed by atoms with Gasteiger partial charge in [-0.25, -0.2) is 4.79 Å². The summed E-state index contributed by atoms with van der Waals surface area (Å²) in [6, 6.07) is 15.2. The van der Waals surface area contributed by atoms with E-state index in [-0.39, 0.29) is 25.6 Å². The quantitative estimate of drug-likeness (QED) is 0.505. The highest BCUT2D eigenvalue weighted by Crippen LogP contribution is 2.44. The first-order chi connectivity index (χ1) is 16.3. The third-order valence-electron chi connectivity index (χ3n) is 5.68. The molecule has 2 amide bonds. The lowest BCUT2D eigenvalue weighted by Gasteiger charge is -2.28. The molecule has 182 valence electrons. The lowest BCUT2D eigenvalue weighted by atomic mass is 9.98. The maximum Gasteiger partial charge on any atom is 0.407 e. The summed E-state index contributed by atoms with van der Waals surface area (Å²) < 4.78 is 5.58. The van der Waals surface area contributed by atoms with Crippen molar-refractivity contribution in [2.75, 3.05) is 52.3 Å². The Kier molecular flexibility index (Phi) is 8.95. The highest BCUT2D eigenvalue weighted by atomic mass is 32.2. The van der Waals surface area contributed by atoms with Crippen molar-refractivity contribution in [1.82, 2.24) is 15.1 Å². The molecule has 2 aromatic rings. The minimum absolute atomic E-state index is 0.0914. The van der Waals surface area contributed by atoms with Crippen LogP contribution in [-0.4, -0.2) is 91.3 Å². The number of carboxylic acid groups (broad SMARTS) is 1. The molecule has 8 nitrogen and oxygen atoms in total. The molecule has 0 radical (unpaired) electrons. The molecule has 0 aromatic heterocycles. The molecule has 34 heavy (non-hydrogen) atoms. The molecule has 3 rings (SSSR count). The molecule has 0 spiro atoms. The topological polar surface area (TPSA) is 99.2 Å². The first-order valence-corrected chi connectivity index (χ1v) is 12.5. The number of hydrogen-bond acceptors (Lipinski definition) is 6. The Morgan fingerprint density at radius 2 is 1.65 bits per heavy atom. The van der Waals surface area contributed by atoms with Gasteiger partial charge in [0.15, 0.2) is 0 Å². The van der Waals surface area contributed by atoms with E-state index in [4.69, 9.17) is 4.74 Å². The van der Waals surface area contributed by atoms with Crippen LogP contribution < -0.4 is 5.32 Å². The van der Waals surface area contributed by atoms with Gasteiger partial charge in [-0.3, -0.25) is 9.59 Å². The van der Waals surface area contributed by atoms with Crippen molar-refractivity contribution >= 4 is 29.7 Å². The Balaban J connectivity index is 1.69. The molecule has 1 aliphatic carbocycles. The number of carbonyl (C=O) groups is 3. The van der Waals surface area contributed by atoms with Gasteiger partial charge in [0.05, 0.1) is 0 Å². The molecule has 2 aromatic carbocycles. The first-order valence-electron chi connectivity index (χ1n) is 11.1. The number of amides is 2. The van der Waals surface area contributed by atoms with Crippen LogP contribution in [0.3, 0.4) is 0 Å². The number of aliphatic carboxylic acids is 1. The summed E-state index contributed by atoms with van der Waals surface area (Å²) in [5.74, 6) is -1.04. The summed E-state index contributed by atoms with van der Waals surface area (Å²) in [6.07, 6.45) is 1.18. The molecule has 1 unspecified atom stereocenters. The maximum absolute atomic E-state index is 13.1. The minimum atomic E-state index is -1.10. The molecule has 0 saturated heterocycles. The Hall–Kier alpha value is -3.04. The fraction of sp³-hybridized carbons (Fsp3) is 0.400. The number of nitrogens with one attached hydrogen (secondary N) is 1. The number of carboxylic acids is 1. The summed E-state index contributed by atoms with van der Waals surface area (Å²) >= 11 is 1.52. The van der Waals surface area contributed by atoms with Gasteiger partial charge in [0.1, 0.15) is 19.2 Å². The maximum atomic E-state index is 13.1. The number of fused-ring (bicyclic) bond motifs is 3. The average molecular weight is 486 g/mol. The van der Waals surface area contributed by atoms with Crippen LogP contribution in [0.1, 0.15) is 17.0 Å². The van der Waals surface area contributed by atoms with Crippen molar-refractivity contribution in [1.29, 1.82) is 0 Å². The van der Waals surface area contributed by atoms with Gasteiger partial charge in [0.2, 0.25) is 5.91 Å². The van der Waals surface area contributed by atoms with Crippen molar-refractivity contribution < 1.29 is 24.2 Å². The Morgan fingerprint density at radius 1 is 1.06 bits per heavy atom. The van der Waals surface area contributed by atoms with E-state index in [0.717, 1.165) is 22.3 Å². The third-order valence-corrected chi connectivity index (χ3v) is 6.28. The number of alkyl carbamates (subject to hydrolysis) is 1. The lowest BCUT2D eigenvalue weighted by Crippen LogP contribution is -2.54. The van der Waals surface area contributed by atoms with Crippen LogP contribution >= 0.6 is 11.8 Å². The molecular formula is C25H31N3O5S. The predicted molar refractivity (Wildman–Crippen MR) is 133 cm³/mol. The van der Waals surface area contributed by atoms with Gasteiger partial charge < -0.3 is 25.0 Å². The number of carbonyl (C=O) groups excluding carboxylic acids is 2. The van der Waals surface area contributed by atoms with E-state index < -0.39 is 30.6 Å². The van der Waals surface area contributed by atoms with Crippen molar-refractivity contribution in [2.24, 2.45) is 0 Å². The van der Waals surface area contributed by atoms with Crippen LogP contribution in [0.2, 0.25) is 0 Å². The van der Waals surface area contributed by atoms with E-state index in [0.29, 0.717) is 5.75 Å². The van der Waals surface area contributed by atoms with E-state index in [1.54, 1.807) is 19.0 Å². The Morgan fingerprint density at radius 3 is 2.18 bits per heavy atom. The van der Waals surface area contributed by atoms with Crippen molar-refractivity contribution in [3.05, 3.63) is 59.7 Å². The number of likely N-dealkylation sites (N-methyl/N-ethyl adjacent to an activating group) is 1. The lowest BCUT2D eigenvalue weighted by molar-refractivity contribution is -0.145. The second-order valence-electron chi connectivity index (χ2n) is 8.43. The number of nitrogens with zero attached hydrogens (tertiary/aromatic N) is 2. The number of ether oxygens (including phenoxy) is 1. The van der Waals surface area contributed by atoms with E-state index in [9.17, 15) is 19.5 Å². The molecule has 0 heterocycles. The fourth-order valence-electron chi connectivity index (χ4n) is 4.19. The van der Waals surface area contributed by atoms with Crippen molar-refractivity contribution in [2.45, 2.75) is 12.0 Å². The number of hydrogen-bond donors (Lipinski definition) is 2. The largest absolute Gasteiger partial charge is 0.480 e. The van der Waals surface area contributed by atoms with Gasteiger partial charge in [-0.15, -0.1) is 0 Å². The van der Waals surface area contributed by atoms with E-state index >= 15 is 0 Å². The van der Waals surface area contributed by atoms with Crippen LogP contribution in [0.15, 0.2) is 48.5 Å². The monoisotopic (exact) mass is 485 g/mol. The predicted octanol–water partition coefficient (Wildman–Crippen LogP) is 2.73. The SMILES string of the molecule is CSCCN(CC(=O)O)C(=O)C(CN(C)C)NC(=O)OCC1c2ccccc2-c2ccccc21. The van der Waals surface area contributed by atoms with Gasteiger partial charge in [-0.1, -0.05) is 48.5 Å². The second-order valence-corrected chi connectivity index (χ2v) is 9.42. The van der Waals surface area contributed by atoms with E-state index in [2.05, 4.69) is 17.4 Å². The van der Waals surface area contributed by atoms with Crippen molar-refractivity contribution in [3.8, 4) is 11.1 Å². The first kappa shape index (κ1) is 25.6. The summed E-state index contributed by atoms with van der Waals surface area (Å²) in [5, 5.41) is 11.9. The number of rotatable bonds is 11. The Bertz CT molecular complexity index is 984. The normalized spacial score (nSPS) is 13.2. The smallest absolute Gasteiger partial charge is 0.407 e. The molecule has 0 fully saturated rings. The number of benzene rings is 2. The summed E-state index contributed by atoms with van der Waals surface area (Å²) in [6.45, 7) is 0.213. The standard InChI is InChI=1S/C25H31N3O5S/c1-27(2)14-22(24(31)28(12-13-34-3)15-23(29)30)26-25(32)33-16-21-19-10-6-4-8-17(19)18-9-5-7-11-20(18)21/h4-11,21-22H,12-16H2,1-3H3,(H,26,32)(H,29,30). The second kappa shape index (κ2) is 11.9. The zero-order valence-electron chi connectivity index (χ0n) is 19.7. The highest BCUT2D eigenvalue weighted by molar-refractivity contribution is 7.98. The van der Waals surface area contributed by atoms with Crippen LogP contribution in [0, 0.1) is 0 Å². The van der Waals surface area contributed by atoms with Crippen LogP contribution in [-0.2, 0) is 14.3 Å². The van der Waals surface area contributed by atoms with E-state index in [1.165, 1.54) is 16.7 Å². The fourth-order valence-corrected chi connectivity index (χ4v) is 4.59. The molecule has 2 N–H and O–H groups in total. The van der Waals surface area contributed by atoms with Crippen LogP contribution in [0.25, 0.3) is 11.1 Å². The zero-order valence-corrected chi connectivity index (χ0v) is 20.5. The summed E-state index contributed by atoms with van der Waals surface area (Å²) in [7, 11) is 3.56. The van der Waals surface area contributed by atoms with E-state index in [1.807, 2.05) is 42.7 Å². The molecule has 1 atom stereocenters. The molecule has 1 aliphatic rings. The van der Waals surface area contributed by atoms with Crippen molar-refractivity contribution in [3.63, 3.8) is 0 Å². The minimum Gasteiger partial charge on any atom is -0.480 e. The highest BCUT2D eigenvalue weighted by Gasteiger charge is 2.31. The third kappa shape index (κ3) is 6.30. The molecular weight excluding hydrogens is 454 g/mol. The summed E-state index contributed by atoms with van der Waals surface area (Å²) in [4.78, 5) is 40.1. The molecule has 0 saturated carbocycles.